The Morgan fingerprint density at radius 2 is 2.22 bits per heavy atom. The van der Waals surface area contributed by atoms with Crippen molar-refractivity contribution in [3.63, 3.8) is 0 Å². The highest BCUT2D eigenvalue weighted by atomic mass is 32.2. The molecular formula is C25H33N5O3S3. The molecule has 1 aliphatic carbocycles. The molecule has 0 spiro atoms. The number of ether oxygens (including phenoxy) is 1. The van der Waals surface area contributed by atoms with Gasteiger partial charge in [0.2, 0.25) is 4.21 Å². The summed E-state index contributed by atoms with van der Waals surface area (Å²) < 4.78 is 21.8. The summed E-state index contributed by atoms with van der Waals surface area (Å²) in [5.74, 6) is -0.174. The van der Waals surface area contributed by atoms with E-state index in [-0.39, 0.29) is 18.1 Å². The molecule has 0 amide bonds. The van der Waals surface area contributed by atoms with E-state index in [9.17, 15) is 9.35 Å². The monoisotopic (exact) mass is 547 g/mol. The second-order valence-electron chi connectivity index (χ2n) is 8.62. The topological polar surface area (TPSA) is 92.8 Å². The first kappa shape index (κ1) is 27.1. The Labute approximate surface area is 224 Å². The summed E-state index contributed by atoms with van der Waals surface area (Å²) in [6.07, 6.45) is 10.2. The Hall–Kier alpha value is -1.99. The van der Waals surface area contributed by atoms with Crippen LogP contribution in [0.4, 0.5) is 0 Å². The number of hydrogen-bond donors (Lipinski definition) is 2. The number of fused-ring (bicyclic) bond motifs is 1. The molecule has 4 rings (SSSR count). The highest BCUT2D eigenvalue weighted by molar-refractivity contribution is 7.91. The second-order valence-corrected chi connectivity index (χ2v) is 12.2. The molecule has 0 saturated carbocycles. The molecule has 3 heterocycles. The van der Waals surface area contributed by atoms with Crippen LogP contribution >= 0.6 is 22.7 Å². The number of esters is 1. The highest BCUT2D eigenvalue weighted by Crippen LogP contribution is 2.31. The van der Waals surface area contributed by atoms with Crippen LogP contribution in [0, 0.1) is 0 Å². The molecule has 36 heavy (non-hydrogen) atoms. The van der Waals surface area contributed by atoms with Gasteiger partial charge in [-0.05, 0) is 43.6 Å². The van der Waals surface area contributed by atoms with Gasteiger partial charge in [0.25, 0.3) is 0 Å². The van der Waals surface area contributed by atoms with Gasteiger partial charge in [-0.2, -0.15) is 0 Å². The number of thiophene rings is 1. The maximum Gasteiger partial charge on any atom is 0.320 e. The zero-order valence-corrected chi connectivity index (χ0v) is 23.3. The van der Waals surface area contributed by atoms with Gasteiger partial charge in [-0.25, -0.2) is 4.98 Å². The molecule has 8 nitrogen and oxygen atoms in total. The second kappa shape index (κ2) is 13.0. The number of allylic oxidation sites excluding steroid dienone is 2. The van der Waals surface area contributed by atoms with E-state index in [0.717, 1.165) is 46.7 Å². The van der Waals surface area contributed by atoms with Crippen LogP contribution in [0.1, 0.15) is 23.7 Å². The van der Waals surface area contributed by atoms with Gasteiger partial charge in [0.05, 0.1) is 42.3 Å². The van der Waals surface area contributed by atoms with Crippen LogP contribution in [0.3, 0.4) is 0 Å². The van der Waals surface area contributed by atoms with Gasteiger partial charge < -0.3 is 14.6 Å². The highest BCUT2D eigenvalue weighted by Gasteiger charge is 2.34. The summed E-state index contributed by atoms with van der Waals surface area (Å²) in [5, 5.41) is 6.47. The van der Waals surface area contributed by atoms with Crippen molar-refractivity contribution in [2.45, 2.75) is 36.7 Å². The third-order valence-corrected chi connectivity index (χ3v) is 9.39. The van der Waals surface area contributed by atoms with Crippen LogP contribution in [-0.4, -0.2) is 77.2 Å². The number of likely N-dealkylation sites (N-methyl/N-ethyl adjacent to an activating group) is 2. The summed E-state index contributed by atoms with van der Waals surface area (Å²) in [4.78, 5) is 22.0. The Balaban J connectivity index is 1.29. The van der Waals surface area contributed by atoms with Crippen LogP contribution in [0.25, 0.3) is 5.70 Å². The summed E-state index contributed by atoms with van der Waals surface area (Å²) in [6, 6.07) is 3.74. The lowest BCUT2D eigenvalue weighted by Crippen LogP contribution is -2.47. The standard InChI is InChI=1S/C25H33N5O3S3/c1-4-30(17-22(31)33-5-2)12-11-29(3)16-19-15-26-25(35-19)21-14-18-8-6-9-20(24(18)27-21)28-36(32)23-10-7-13-34-23/h6-10,13-15,20,24,27-28H,4-5,11-12,16-17H2,1-3H3. The zero-order valence-electron chi connectivity index (χ0n) is 20.8. The van der Waals surface area contributed by atoms with E-state index in [0.29, 0.717) is 13.2 Å². The molecule has 1 aliphatic heterocycles. The van der Waals surface area contributed by atoms with E-state index < -0.39 is 11.4 Å². The van der Waals surface area contributed by atoms with E-state index >= 15 is 0 Å². The average molecular weight is 548 g/mol. The number of aromatic nitrogens is 1. The van der Waals surface area contributed by atoms with Gasteiger partial charge in [-0.1, -0.05) is 36.5 Å². The number of rotatable bonds is 13. The number of nitrogens with one attached hydrogen (secondary N) is 2. The average Bonchev–Trinajstić information content (AvgIpc) is 3.63. The molecule has 0 fully saturated rings. The predicted molar refractivity (Wildman–Crippen MR) is 147 cm³/mol. The maximum absolute atomic E-state index is 12.7. The molecule has 2 aromatic rings. The number of carbonyl (C=O) groups excluding carboxylic acids is 1. The number of hydrogen-bond acceptors (Lipinski definition) is 10. The van der Waals surface area contributed by atoms with Crippen molar-refractivity contribution in [1.29, 1.82) is 0 Å². The van der Waals surface area contributed by atoms with Crippen LogP contribution < -0.4 is 10.0 Å². The Kier molecular flexibility index (Phi) is 9.77. The minimum atomic E-state index is -1.25. The smallest absolute Gasteiger partial charge is 0.320 e. The first-order chi connectivity index (χ1) is 17.5. The number of nitrogens with zero attached hydrogens (tertiary/aromatic N) is 3. The van der Waals surface area contributed by atoms with Gasteiger partial charge in [-0.3, -0.25) is 14.6 Å². The molecular weight excluding hydrogens is 515 g/mol. The van der Waals surface area contributed by atoms with E-state index in [1.54, 1.807) is 11.3 Å². The number of carbonyl (C=O) groups is 1. The molecule has 0 aromatic carbocycles. The predicted octanol–water partition coefficient (Wildman–Crippen LogP) is 3.01. The fraction of sp³-hybridized carbons (Fsp3) is 0.440. The van der Waals surface area contributed by atoms with Gasteiger partial charge in [0.1, 0.15) is 5.01 Å². The molecule has 11 heteroatoms. The molecule has 3 atom stereocenters. The van der Waals surface area contributed by atoms with Crippen molar-refractivity contribution >= 4 is 45.7 Å². The minimum Gasteiger partial charge on any atom is -0.592 e. The van der Waals surface area contributed by atoms with Crippen LogP contribution in [0.2, 0.25) is 0 Å². The van der Waals surface area contributed by atoms with Crippen LogP contribution in [0.5, 0.6) is 0 Å². The van der Waals surface area contributed by atoms with Gasteiger partial charge >= 0.3 is 5.97 Å². The lowest BCUT2D eigenvalue weighted by atomic mass is 9.97. The summed E-state index contributed by atoms with van der Waals surface area (Å²) >= 11 is 1.92. The Bertz CT molecular complexity index is 1100. The van der Waals surface area contributed by atoms with E-state index in [1.807, 2.05) is 42.8 Å². The van der Waals surface area contributed by atoms with Crippen molar-refractivity contribution in [1.82, 2.24) is 24.8 Å². The molecule has 194 valence electrons. The third kappa shape index (κ3) is 7.06. The first-order valence-electron chi connectivity index (χ1n) is 12.1. The first-order valence-corrected chi connectivity index (χ1v) is 14.9. The summed E-state index contributed by atoms with van der Waals surface area (Å²) in [7, 11) is 2.08. The summed E-state index contributed by atoms with van der Waals surface area (Å²) in [5.41, 5.74) is 2.15. The van der Waals surface area contributed by atoms with Crippen molar-refractivity contribution in [3.05, 3.63) is 63.5 Å². The normalized spacial score (nSPS) is 19.7. The molecule has 2 N–H and O–H groups in total. The van der Waals surface area contributed by atoms with Crippen molar-refractivity contribution in [3.8, 4) is 0 Å². The molecule has 0 saturated heterocycles. The van der Waals surface area contributed by atoms with Gasteiger partial charge in [0, 0.05) is 36.8 Å². The third-order valence-electron chi connectivity index (χ3n) is 5.98. The molecule has 2 aromatic heterocycles. The minimum absolute atomic E-state index is 0.0170. The van der Waals surface area contributed by atoms with Gasteiger partial charge in [0.15, 0.2) is 0 Å². The fourth-order valence-corrected chi connectivity index (χ4v) is 6.94. The van der Waals surface area contributed by atoms with E-state index in [1.165, 1.54) is 16.2 Å². The van der Waals surface area contributed by atoms with Gasteiger partial charge in [-0.15, -0.1) is 16.1 Å². The molecule has 3 unspecified atom stereocenters. The van der Waals surface area contributed by atoms with E-state index in [2.05, 4.69) is 50.9 Å². The lowest BCUT2D eigenvalue weighted by molar-refractivity contribution is -0.144. The lowest BCUT2D eigenvalue weighted by Gasteiger charge is -2.26. The van der Waals surface area contributed by atoms with Crippen molar-refractivity contribution in [2.24, 2.45) is 0 Å². The Morgan fingerprint density at radius 1 is 1.36 bits per heavy atom. The molecule has 0 bridgehead atoms. The van der Waals surface area contributed by atoms with Crippen LogP contribution in [-0.2, 0) is 27.4 Å². The van der Waals surface area contributed by atoms with Crippen LogP contribution in [0.15, 0.2) is 57.8 Å². The number of thiazole rings is 1. The SMILES string of the molecule is CCOC(=O)CN(CC)CCN(C)Cc1cnc(C2=CC3=CC=CC(N[S+]([O-])c4cccs4)C3N2)s1. The zero-order chi connectivity index (χ0) is 25.5. The van der Waals surface area contributed by atoms with E-state index in [4.69, 9.17) is 4.74 Å². The summed E-state index contributed by atoms with van der Waals surface area (Å²) in [6.45, 7) is 7.86. The Morgan fingerprint density at radius 3 is 2.97 bits per heavy atom. The largest absolute Gasteiger partial charge is 0.592 e. The van der Waals surface area contributed by atoms with Crippen molar-refractivity contribution in [2.75, 3.05) is 39.8 Å². The quantitative estimate of drug-likeness (QED) is 0.292. The maximum atomic E-state index is 12.7. The molecule has 2 aliphatic rings. The molecule has 0 radical (unpaired) electrons. The van der Waals surface area contributed by atoms with Crippen molar-refractivity contribution < 1.29 is 14.1 Å². The fourth-order valence-electron chi connectivity index (χ4n) is 4.08.